The Bertz CT molecular complexity index is 842. The molecule has 3 aromatic rings. The molecule has 0 atom stereocenters. The summed E-state index contributed by atoms with van der Waals surface area (Å²) in [5.41, 5.74) is 5.15. The second-order valence-corrected chi connectivity index (χ2v) is 6.67. The fourth-order valence-corrected chi connectivity index (χ4v) is 3.72. The van der Waals surface area contributed by atoms with Crippen molar-refractivity contribution >= 4 is 5.91 Å². The van der Waals surface area contributed by atoms with Crippen molar-refractivity contribution in [3.63, 3.8) is 0 Å². The third kappa shape index (κ3) is 3.30. The molecule has 0 radical (unpaired) electrons. The quantitative estimate of drug-likeness (QED) is 0.639. The molecule has 0 fully saturated rings. The standard InChI is InChI=1S/C23H26N2O/c1-5-25-17(2)16-21(18(25)3)23(26)24(4)22(19-12-8-6-9-13-19)20-14-10-7-11-15-20/h6-16,22H,5H2,1-4H3. The van der Waals surface area contributed by atoms with Crippen molar-refractivity contribution in [1.29, 1.82) is 0 Å². The molecule has 134 valence electrons. The highest BCUT2D eigenvalue weighted by Crippen LogP contribution is 2.29. The Labute approximate surface area is 155 Å². The van der Waals surface area contributed by atoms with Crippen LogP contribution in [0.2, 0.25) is 0 Å². The molecule has 3 heteroatoms. The van der Waals surface area contributed by atoms with Crippen LogP contribution in [0.25, 0.3) is 0 Å². The molecule has 0 spiro atoms. The van der Waals surface area contributed by atoms with Crippen molar-refractivity contribution in [2.24, 2.45) is 0 Å². The van der Waals surface area contributed by atoms with Crippen LogP contribution in [0.15, 0.2) is 66.7 Å². The van der Waals surface area contributed by atoms with Gasteiger partial charge in [-0.05, 0) is 38.0 Å². The molecule has 26 heavy (non-hydrogen) atoms. The molecule has 1 amide bonds. The Kier molecular flexibility index (Phi) is 5.27. The van der Waals surface area contributed by atoms with Crippen molar-refractivity contribution < 1.29 is 4.79 Å². The fourth-order valence-electron chi connectivity index (χ4n) is 3.72. The first-order valence-electron chi connectivity index (χ1n) is 9.08. The van der Waals surface area contributed by atoms with Crippen LogP contribution in [0.4, 0.5) is 0 Å². The van der Waals surface area contributed by atoms with Crippen molar-refractivity contribution in [2.75, 3.05) is 7.05 Å². The van der Waals surface area contributed by atoms with Gasteiger partial charge in [-0.25, -0.2) is 0 Å². The van der Waals surface area contributed by atoms with Crippen molar-refractivity contribution in [3.8, 4) is 0 Å². The Hall–Kier alpha value is -2.81. The van der Waals surface area contributed by atoms with Gasteiger partial charge in [-0.2, -0.15) is 0 Å². The monoisotopic (exact) mass is 346 g/mol. The summed E-state index contributed by atoms with van der Waals surface area (Å²) < 4.78 is 2.18. The summed E-state index contributed by atoms with van der Waals surface area (Å²) in [4.78, 5) is 15.2. The van der Waals surface area contributed by atoms with E-state index in [9.17, 15) is 4.79 Å². The molecule has 0 N–H and O–H groups in total. The molecule has 0 unspecified atom stereocenters. The van der Waals surface area contributed by atoms with Gasteiger partial charge >= 0.3 is 0 Å². The lowest BCUT2D eigenvalue weighted by molar-refractivity contribution is 0.0754. The van der Waals surface area contributed by atoms with Gasteiger partial charge in [0, 0.05) is 25.0 Å². The van der Waals surface area contributed by atoms with E-state index in [-0.39, 0.29) is 11.9 Å². The number of aryl methyl sites for hydroxylation is 1. The zero-order valence-corrected chi connectivity index (χ0v) is 15.9. The average molecular weight is 346 g/mol. The zero-order valence-electron chi connectivity index (χ0n) is 15.9. The molecular weight excluding hydrogens is 320 g/mol. The number of nitrogens with zero attached hydrogens (tertiary/aromatic N) is 2. The predicted octanol–water partition coefficient (Wildman–Crippen LogP) is 4.99. The molecule has 3 rings (SSSR count). The van der Waals surface area contributed by atoms with Gasteiger partial charge in [0.1, 0.15) is 0 Å². The lowest BCUT2D eigenvalue weighted by Gasteiger charge is -2.29. The average Bonchev–Trinajstić information content (AvgIpc) is 2.96. The number of carbonyl (C=O) groups is 1. The van der Waals surface area contributed by atoms with Crippen LogP contribution in [-0.2, 0) is 6.54 Å². The van der Waals surface area contributed by atoms with Gasteiger partial charge in [0.05, 0.1) is 11.6 Å². The van der Waals surface area contributed by atoms with Crippen molar-refractivity contribution in [3.05, 3.63) is 94.8 Å². The van der Waals surface area contributed by atoms with E-state index in [0.717, 1.165) is 34.6 Å². The summed E-state index contributed by atoms with van der Waals surface area (Å²) in [6.07, 6.45) is 0. The molecule has 0 aliphatic carbocycles. The first kappa shape index (κ1) is 18.0. The summed E-state index contributed by atoms with van der Waals surface area (Å²) in [5, 5.41) is 0. The summed E-state index contributed by atoms with van der Waals surface area (Å²) in [7, 11) is 1.89. The molecule has 0 saturated heterocycles. The maximum Gasteiger partial charge on any atom is 0.256 e. The van der Waals surface area contributed by atoms with E-state index in [1.54, 1.807) is 0 Å². The molecule has 0 saturated carbocycles. The largest absolute Gasteiger partial charge is 0.349 e. The highest BCUT2D eigenvalue weighted by atomic mass is 16.2. The molecule has 1 heterocycles. The Morgan fingerprint density at radius 3 is 1.88 bits per heavy atom. The molecule has 0 aliphatic heterocycles. The molecule has 3 nitrogen and oxygen atoms in total. The predicted molar refractivity (Wildman–Crippen MR) is 106 cm³/mol. The third-order valence-corrected chi connectivity index (χ3v) is 5.06. The molecular formula is C23H26N2O. The minimum Gasteiger partial charge on any atom is -0.349 e. The van der Waals surface area contributed by atoms with Crippen molar-refractivity contribution in [2.45, 2.75) is 33.4 Å². The lowest BCUT2D eigenvalue weighted by Crippen LogP contribution is -2.32. The molecule has 0 bridgehead atoms. The van der Waals surface area contributed by atoms with E-state index >= 15 is 0 Å². The van der Waals surface area contributed by atoms with Crippen LogP contribution in [0.3, 0.4) is 0 Å². The Morgan fingerprint density at radius 1 is 0.962 bits per heavy atom. The number of hydrogen-bond donors (Lipinski definition) is 0. The van der Waals surface area contributed by atoms with Gasteiger partial charge in [0.2, 0.25) is 0 Å². The second kappa shape index (κ2) is 7.61. The van der Waals surface area contributed by atoms with E-state index in [2.05, 4.69) is 42.7 Å². The van der Waals surface area contributed by atoms with E-state index < -0.39 is 0 Å². The van der Waals surface area contributed by atoms with E-state index in [0.29, 0.717) is 0 Å². The lowest BCUT2D eigenvalue weighted by atomic mass is 9.97. The minimum absolute atomic E-state index is 0.0514. The van der Waals surface area contributed by atoms with Gasteiger partial charge in [0.25, 0.3) is 5.91 Å². The van der Waals surface area contributed by atoms with E-state index in [1.165, 1.54) is 0 Å². The second-order valence-electron chi connectivity index (χ2n) is 6.67. The molecule has 1 aromatic heterocycles. The minimum atomic E-state index is -0.116. The number of aromatic nitrogens is 1. The van der Waals surface area contributed by atoms with Gasteiger partial charge in [-0.1, -0.05) is 60.7 Å². The van der Waals surface area contributed by atoms with Crippen LogP contribution >= 0.6 is 0 Å². The zero-order chi connectivity index (χ0) is 18.7. The van der Waals surface area contributed by atoms with E-state index in [4.69, 9.17) is 0 Å². The highest BCUT2D eigenvalue weighted by Gasteiger charge is 2.26. The SMILES string of the molecule is CCn1c(C)cc(C(=O)N(C)C(c2ccccc2)c2ccccc2)c1C. The Morgan fingerprint density at radius 2 is 1.46 bits per heavy atom. The molecule has 0 aliphatic rings. The van der Waals surface area contributed by atoms with Crippen molar-refractivity contribution in [1.82, 2.24) is 9.47 Å². The maximum atomic E-state index is 13.3. The number of hydrogen-bond acceptors (Lipinski definition) is 1. The summed E-state index contributed by atoms with van der Waals surface area (Å²) in [5.74, 6) is 0.0514. The van der Waals surface area contributed by atoms with Gasteiger partial charge < -0.3 is 9.47 Å². The first-order valence-corrected chi connectivity index (χ1v) is 9.08. The topological polar surface area (TPSA) is 25.2 Å². The Balaban J connectivity index is 2.03. The summed E-state index contributed by atoms with van der Waals surface area (Å²) in [6.45, 7) is 7.06. The third-order valence-electron chi connectivity index (χ3n) is 5.06. The van der Waals surface area contributed by atoms with Gasteiger partial charge in [-0.3, -0.25) is 4.79 Å². The summed E-state index contributed by atoms with van der Waals surface area (Å²) >= 11 is 0. The van der Waals surface area contributed by atoms with Crippen LogP contribution in [0.1, 0.15) is 45.8 Å². The molecule has 2 aromatic carbocycles. The van der Waals surface area contributed by atoms with Gasteiger partial charge in [0.15, 0.2) is 0 Å². The maximum absolute atomic E-state index is 13.3. The normalized spacial score (nSPS) is 11.0. The fraction of sp³-hybridized carbons (Fsp3) is 0.261. The highest BCUT2D eigenvalue weighted by molar-refractivity contribution is 5.96. The van der Waals surface area contributed by atoms with Crippen LogP contribution in [0.5, 0.6) is 0 Å². The number of rotatable bonds is 5. The number of amides is 1. The number of benzene rings is 2. The number of carbonyl (C=O) groups excluding carboxylic acids is 1. The smallest absolute Gasteiger partial charge is 0.256 e. The van der Waals surface area contributed by atoms with Crippen LogP contribution in [-0.4, -0.2) is 22.4 Å². The summed E-state index contributed by atoms with van der Waals surface area (Å²) in [6, 6.07) is 22.3. The van der Waals surface area contributed by atoms with Crippen LogP contribution in [0, 0.1) is 13.8 Å². The van der Waals surface area contributed by atoms with E-state index in [1.807, 2.05) is 61.3 Å². The first-order chi connectivity index (χ1) is 12.5. The van der Waals surface area contributed by atoms with Crippen LogP contribution < -0.4 is 0 Å². The van der Waals surface area contributed by atoms with Gasteiger partial charge in [-0.15, -0.1) is 0 Å².